The Morgan fingerprint density at radius 1 is 1.32 bits per heavy atom. The van der Waals surface area contributed by atoms with Crippen LogP contribution in [0.3, 0.4) is 0 Å². The lowest BCUT2D eigenvalue weighted by molar-refractivity contribution is 0.103. The molecule has 0 aliphatic carbocycles. The van der Waals surface area contributed by atoms with E-state index in [2.05, 4.69) is 52.1 Å². The van der Waals surface area contributed by atoms with Crippen molar-refractivity contribution in [1.82, 2.24) is 10.2 Å². The van der Waals surface area contributed by atoms with Gasteiger partial charge in [-0.05, 0) is 53.9 Å². The van der Waals surface area contributed by atoms with Crippen molar-refractivity contribution in [3.8, 4) is 5.75 Å². The smallest absolute Gasteiger partial charge is 0.133 e. The van der Waals surface area contributed by atoms with E-state index in [9.17, 15) is 0 Å². The summed E-state index contributed by atoms with van der Waals surface area (Å²) in [5.74, 6) is 0.892. The number of nitrogens with one attached hydrogen (secondary N) is 1. The van der Waals surface area contributed by atoms with Crippen molar-refractivity contribution in [2.24, 2.45) is 0 Å². The molecule has 0 atom stereocenters. The highest BCUT2D eigenvalue weighted by Gasteiger charge is 2.28. The maximum Gasteiger partial charge on any atom is 0.133 e. The summed E-state index contributed by atoms with van der Waals surface area (Å²) in [6.07, 6.45) is 1.05. The minimum atomic E-state index is 0.191. The maximum absolute atomic E-state index is 5.28. The number of rotatable bonds is 4. The molecule has 4 heteroatoms. The highest BCUT2D eigenvalue weighted by atomic mass is 79.9. The SMILES string of the molecule is COc1ccc(CC(C)(C)N2CCNCC2)cc1Br. The summed E-state index contributed by atoms with van der Waals surface area (Å²) in [4.78, 5) is 2.57. The molecule has 3 nitrogen and oxygen atoms in total. The topological polar surface area (TPSA) is 24.5 Å². The van der Waals surface area contributed by atoms with Crippen molar-refractivity contribution < 1.29 is 4.74 Å². The van der Waals surface area contributed by atoms with Gasteiger partial charge in [0, 0.05) is 31.7 Å². The number of nitrogens with zero attached hydrogens (tertiary/aromatic N) is 1. The van der Waals surface area contributed by atoms with E-state index in [-0.39, 0.29) is 5.54 Å². The molecule has 1 aliphatic rings. The molecule has 0 aromatic heterocycles. The average Bonchev–Trinajstić information content (AvgIpc) is 2.39. The summed E-state index contributed by atoms with van der Waals surface area (Å²) in [5, 5.41) is 3.41. The van der Waals surface area contributed by atoms with Crippen molar-refractivity contribution in [1.29, 1.82) is 0 Å². The molecule has 1 aromatic rings. The molecule has 1 N–H and O–H groups in total. The monoisotopic (exact) mass is 326 g/mol. The number of ether oxygens (including phenoxy) is 1. The molecular formula is C15H23BrN2O. The molecule has 0 saturated carbocycles. The zero-order valence-electron chi connectivity index (χ0n) is 12.0. The lowest BCUT2D eigenvalue weighted by Crippen LogP contribution is -2.54. The molecule has 1 aliphatic heterocycles. The summed E-state index contributed by atoms with van der Waals surface area (Å²) >= 11 is 3.56. The van der Waals surface area contributed by atoms with Gasteiger partial charge in [0.25, 0.3) is 0 Å². The first kappa shape index (κ1) is 14.8. The Morgan fingerprint density at radius 2 is 2.00 bits per heavy atom. The summed E-state index contributed by atoms with van der Waals surface area (Å²) in [7, 11) is 1.70. The third-order valence-electron chi connectivity index (χ3n) is 3.83. The van der Waals surface area contributed by atoms with Crippen LogP contribution in [0.4, 0.5) is 0 Å². The Bertz CT molecular complexity index is 428. The number of hydrogen-bond donors (Lipinski definition) is 1. The normalized spacial score (nSPS) is 17.5. The lowest BCUT2D eigenvalue weighted by Gasteiger charge is -2.41. The highest BCUT2D eigenvalue weighted by molar-refractivity contribution is 9.10. The van der Waals surface area contributed by atoms with E-state index in [0.717, 1.165) is 42.8 Å². The van der Waals surface area contributed by atoms with Crippen LogP contribution >= 0.6 is 15.9 Å². The van der Waals surface area contributed by atoms with Gasteiger partial charge >= 0.3 is 0 Å². The summed E-state index contributed by atoms with van der Waals surface area (Å²) in [6.45, 7) is 9.10. The molecule has 1 fully saturated rings. The predicted molar refractivity (Wildman–Crippen MR) is 82.9 cm³/mol. The van der Waals surface area contributed by atoms with Crippen LogP contribution in [0.1, 0.15) is 19.4 Å². The molecule has 1 heterocycles. The standard InChI is InChI=1S/C15H23BrN2O/c1-15(2,18-8-6-17-7-9-18)11-12-4-5-14(19-3)13(16)10-12/h4-5,10,17H,6-9,11H2,1-3H3. The summed E-state index contributed by atoms with van der Waals surface area (Å²) < 4.78 is 6.31. The van der Waals surface area contributed by atoms with Crippen molar-refractivity contribution >= 4 is 15.9 Å². The Kier molecular flexibility index (Phi) is 4.87. The van der Waals surface area contributed by atoms with Crippen molar-refractivity contribution in [3.63, 3.8) is 0 Å². The number of hydrogen-bond acceptors (Lipinski definition) is 3. The van der Waals surface area contributed by atoms with Gasteiger partial charge in [-0.1, -0.05) is 6.07 Å². The van der Waals surface area contributed by atoms with Gasteiger partial charge < -0.3 is 10.1 Å². The zero-order chi connectivity index (χ0) is 13.9. The van der Waals surface area contributed by atoms with E-state index < -0.39 is 0 Å². The Balaban J connectivity index is 2.08. The van der Waals surface area contributed by atoms with Gasteiger partial charge in [-0.15, -0.1) is 0 Å². The van der Waals surface area contributed by atoms with E-state index in [1.54, 1.807) is 7.11 Å². The van der Waals surface area contributed by atoms with Crippen LogP contribution in [0.2, 0.25) is 0 Å². The minimum absolute atomic E-state index is 0.191. The Hall–Kier alpha value is -0.580. The highest BCUT2D eigenvalue weighted by Crippen LogP contribution is 2.28. The molecule has 0 unspecified atom stereocenters. The van der Waals surface area contributed by atoms with Gasteiger partial charge in [0.05, 0.1) is 11.6 Å². The minimum Gasteiger partial charge on any atom is -0.496 e. The molecular weight excluding hydrogens is 304 g/mol. The maximum atomic E-state index is 5.28. The average molecular weight is 327 g/mol. The fourth-order valence-corrected chi connectivity index (χ4v) is 3.29. The molecule has 0 radical (unpaired) electrons. The first-order chi connectivity index (χ1) is 9.03. The van der Waals surface area contributed by atoms with Crippen LogP contribution in [0.25, 0.3) is 0 Å². The first-order valence-electron chi connectivity index (χ1n) is 6.81. The second kappa shape index (κ2) is 6.25. The van der Waals surface area contributed by atoms with Gasteiger partial charge in [-0.2, -0.15) is 0 Å². The number of methoxy groups -OCH3 is 1. The van der Waals surface area contributed by atoms with Crippen LogP contribution in [-0.2, 0) is 6.42 Å². The second-order valence-corrected chi connectivity index (χ2v) is 6.55. The molecule has 0 bridgehead atoms. The van der Waals surface area contributed by atoms with Crippen molar-refractivity contribution in [3.05, 3.63) is 28.2 Å². The largest absolute Gasteiger partial charge is 0.496 e. The van der Waals surface area contributed by atoms with Gasteiger partial charge in [-0.3, -0.25) is 4.90 Å². The second-order valence-electron chi connectivity index (χ2n) is 5.70. The van der Waals surface area contributed by atoms with E-state index in [1.807, 2.05) is 6.07 Å². The van der Waals surface area contributed by atoms with E-state index in [4.69, 9.17) is 4.74 Å². The number of benzene rings is 1. The molecule has 2 rings (SSSR count). The molecule has 19 heavy (non-hydrogen) atoms. The summed E-state index contributed by atoms with van der Waals surface area (Å²) in [5.41, 5.74) is 1.53. The van der Waals surface area contributed by atoms with Gasteiger partial charge in [0.1, 0.15) is 5.75 Å². The van der Waals surface area contributed by atoms with E-state index in [0.29, 0.717) is 0 Å². The first-order valence-corrected chi connectivity index (χ1v) is 7.60. The van der Waals surface area contributed by atoms with Crippen LogP contribution < -0.4 is 10.1 Å². The zero-order valence-corrected chi connectivity index (χ0v) is 13.6. The Morgan fingerprint density at radius 3 is 2.58 bits per heavy atom. The predicted octanol–water partition coefficient (Wildman–Crippen LogP) is 2.68. The number of piperazine rings is 1. The fraction of sp³-hybridized carbons (Fsp3) is 0.600. The fourth-order valence-electron chi connectivity index (χ4n) is 2.70. The molecule has 1 aromatic carbocycles. The molecule has 0 amide bonds. The van der Waals surface area contributed by atoms with E-state index in [1.165, 1.54) is 5.56 Å². The van der Waals surface area contributed by atoms with Gasteiger partial charge in [-0.25, -0.2) is 0 Å². The van der Waals surface area contributed by atoms with E-state index >= 15 is 0 Å². The lowest BCUT2D eigenvalue weighted by atomic mass is 9.92. The Labute approximate surface area is 124 Å². The third-order valence-corrected chi connectivity index (χ3v) is 4.45. The molecule has 1 saturated heterocycles. The number of halogens is 1. The molecule has 106 valence electrons. The quantitative estimate of drug-likeness (QED) is 0.920. The van der Waals surface area contributed by atoms with Gasteiger partial charge in [0.15, 0.2) is 0 Å². The summed E-state index contributed by atoms with van der Waals surface area (Å²) in [6, 6.07) is 6.36. The third kappa shape index (κ3) is 3.71. The van der Waals surface area contributed by atoms with Gasteiger partial charge in [0.2, 0.25) is 0 Å². The van der Waals surface area contributed by atoms with Crippen molar-refractivity contribution in [2.45, 2.75) is 25.8 Å². The van der Waals surface area contributed by atoms with Crippen LogP contribution in [-0.4, -0.2) is 43.7 Å². The van der Waals surface area contributed by atoms with Crippen molar-refractivity contribution in [2.75, 3.05) is 33.3 Å². The van der Waals surface area contributed by atoms with Crippen LogP contribution in [0, 0.1) is 0 Å². The van der Waals surface area contributed by atoms with Crippen LogP contribution in [0.15, 0.2) is 22.7 Å². The van der Waals surface area contributed by atoms with Crippen LogP contribution in [0.5, 0.6) is 5.75 Å². The molecule has 0 spiro atoms.